The van der Waals surface area contributed by atoms with Gasteiger partial charge in [-0.05, 0) is 71.5 Å². The first-order chi connectivity index (χ1) is 9.97. The molecule has 0 aromatic carbocycles. The summed E-state index contributed by atoms with van der Waals surface area (Å²) in [6.07, 6.45) is 5.98. The number of hydrogen-bond donors (Lipinski definition) is 2. The number of carboxylic acid groups (broad SMARTS) is 1. The lowest BCUT2D eigenvalue weighted by Crippen LogP contribution is -2.55. The first-order valence-electron chi connectivity index (χ1n) is 8.70. The van der Waals surface area contributed by atoms with Crippen LogP contribution in [0.3, 0.4) is 0 Å². The Morgan fingerprint density at radius 3 is 2.57 bits per heavy atom. The molecule has 4 nitrogen and oxygen atoms in total. The van der Waals surface area contributed by atoms with Crippen molar-refractivity contribution in [2.75, 3.05) is 19.6 Å². The summed E-state index contributed by atoms with van der Waals surface area (Å²) in [6, 6.07) is 0.536. The molecule has 1 fully saturated rings. The second-order valence-electron chi connectivity index (χ2n) is 6.71. The van der Waals surface area contributed by atoms with Gasteiger partial charge in [-0.25, -0.2) is 0 Å². The number of carbonyl (C=O) groups is 1. The maximum absolute atomic E-state index is 11.9. The molecule has 0 aliphatic heterocycles. The van der Waals surface area contributed by atoms with Crippen LogP contribution in [0.1, 0.15) is 66.2 Å². The minimum absolute atomic E-state index is 0.264. The Labute approximate surface area is 130 Å². The van der Waals surface area contributed by atoms with Crippen LogP contribution in [0.2, 0.25) is 0 Å². The third-order valence-electron chi connectivity index (χ3n) is 4.90. The fraction of sp³-hybridized carbons (Fsp3) is 0.941. The summed E-state index contributed by atoms with van der Waals surface area (Å²) in [6.45, 7) is 11.7. The van der Waals surface area contributed by atoms with Gasteiger partial charge in [0, 0.05) is 6.04 Å². The molecule has 0 heterocycles. The minimum atomic E-state index is -0.676. The van der Waals surface area contributed by atoms with E-state index in [1.54, 1.807) is 0 Å². The molecule has 0 radical (unpaired) electrons. The molecule has 2 N–H and O–H groups in total. The monoisotopic (exact) mass is 298 g/mol. The van der Waals surface area contributed by atoms with Gasteiger partial charge < -0.3 is 15.3 Å². The Bertz CT molecular complexity index is 320. The van der Waals surface area contributed by atoms with E-state index in [-0.39, 0.29) is 5.92 Å². The first-order valence-corrected chi connectivity index (χ1v) is 8.70. The highest BCUT2D eigenvalue weighted by Gasteiger charge is 2.48. The Kier molecular flexibility index (Phi) is 7.67. The van der Waals surface area contributed by atoms with Crippen molar-refractivity contribution >= 4 is 5.97 Å². The van der Waals surface area contributed by atoms with E-state index in [1.807, 2.05) is 0 Å². The number of aliphatic carboxylic acids is 1. The summed E-state index contributed by atoms with van der Waals surface area (Å²) in [4.78, 5) is 14.3. The van der Waals surface area contributed by atoms with Crippen LogP contribution in [0, 0.1) is 5.92 Å². The normalized spacial score (nSPS) is 25.9. The van der Waals surface area contributed by atoms with Gasteiger partial charge in [-0.2, -0.15) is 0 Å². The van der Waals surface area contributed by atoms with E-state index >= 15 is 0 Å². The smallest absolute Gasteiger partial charge is 0.324 e. The van der Waals surface area contributed by atoms with Crippen molar-refractivity contribution in [3.63, 3.8) is 0 Å². The average Bonchev–Trinajstić information content (AvgIpc) is 2.85. The fourth-order valence-corrected chi connectivity index (χ4v) is 3.64. The minimum Gasteiger partial charge on any atom is -0.480 e. The van der Waals surface area contributed by atoms with E-state index in [0.29, 0.717) is 6.04 Å². The number of carboxylic acids is 1. The molecule has 1 rings (SSSR count). The van der Waals surface area contributed by atoms with Crippen LogP contribution in [0.15, 0.2) is 0 Å². The Balaban J connectivity index is 2.68. The Hall–Kier alpha value is -0.610. The summed E-state index contributed by atoms with van der Waals surface area (Å²) >= 11 is 0. The van der Waals surface area contributed by atoms with Crippen LogP contribution >= 0.6 is 0 Å². The van der Waals surface area contributed by atoms with Crippen LogP contribution in [0.5, 0.6) is 0 Å². The summed E-state index contributed by atoms with van der Waals surface area (Å²) in [7, 11) is 0. The van der Waals surface area contributed by atoms with Crippen molar-refractivity contribution in [2.24, 2.45) is 5.92 Å². The zero-order valence-corrected chi connectivity index (χ0v) is 14.3. The predicted octanol–water partition coefficient (Wildman–Crippen LogP) is 3.12. The standard InChI is InChI=1S/C17H34N2O2/c1-5-11-18-17(16(20)21)10-7-8-15(17)9-13-19(12-6-2)14(3)4/h14-15,18H,5-13H2,1-4H3,(H,20,21). The van der Waals surface area contributed by atoms with Crippen LogP contribution in [-0.2, 0) is 4.79 Å². The van der Waals surface area contributed by atoms with Gasteiger partial charge in [0.25, 0.3) is 0 Å². The molecule has 0 aromatic heterocycles. The molecule has 0 aromatic rings. The van der Waals surface area contributed by atoms with Crippen molar-refractivity contribution in [3.05, 3.63) is 0 Å². The topological polar surface area (TPSA) is 52.6 Å². The Morgan fingerprint density at radius 2 is 2.05 bits per heavy atom. The van der Waals surface area contributed by atoms with Crippen molar-refractivity contribution in [3.8, 4) is 0 Å². The second kappa shape index (κ2) is 8.74. The van der Waals surface area contributed by atoms with Crippen LogP contribution in [-0.4, -0.2) is 47.2 Å². The van der Waals surface area contributed by atoms with Gasteiger partial charge in [0.05, 0.1) is 0 Å². The lowest BCUT2D eigenvalue weighted by molar-refractivity contribution is -0.146. The molecule has 4 heteroatoms. The van der Waals surface area contributed by atoms with E-state index in [2.05, 4.69) is 37.9 Å². The van der Waals surface area contributed by atoms with Gasteiger partial charge in [-0.1, -0.05) is 20.3 Å². The zero-order valence-electron chi connectivity index (χ0n) is 14.3. The van der Waals surface area contributed by atoms with E-state index in [0.717, 1.165) is 58.2 Å². The molecule has 0 spiro atoms. The van der Waals surface area contributed by atoms with E-state index < -0.39 is 11.5 Å². The molecule has 124 valence electrons. The highest BCUT2D eigenvalue weighted by molar-refractivity contribution is 5.79. The maximum Gasteiger partial charge on any atom is 0.324 e. The summed E-state index contributed by atoms with van der Waals surface area (Å²) in [5, 5.41) is 13.1. The number of nitrogens with one attached hydrogen (secondary N) is 1. The SMILES string of the molecule is CCCNC1(C(=O)O)CCCC1CCN(CCC)C(C)C. The van der Waals surface area contributed by atoms with E-state index in [9.17, 15) is 9.90 Å². The lowest BCUT2D eigenvalue weighted by Gasteiger charge is -2.35. The molecular formula is C17H34N2O2. The van der Waals surface area contributed by atoms with Crippen LogP contribution in [0.25, 0.3) is 0 Å². The van der Waals surface area contributed by atoms with Gasteiger partial charge in [-0.3, -0.25) is 4.79 Å². The lowest BCUT2D eigenvalue weighted by atomic mass is 9.84. The third-order valence-corrected chi connectivity index (χ3v) is 4.90. The van der Waals surface area contributed by atoms with Crippen molar-refractivity contribution in [2.45, 2.75) is 77.8 Å². The van der Waals surface area contributed by atoms with Crippen molar-refractivity contribution in [1.29, 1.82) is 0 Å². The second-order valence-corrected chi connectivity index (χ2v) is 6.71. The summed E-state index contributed by atoms with van der Waals surface area (Å²) in [5.41, 5.74) is -0.676. The molecule has 2 unspecified atom stereocenters. The van der Waals surface area contributed by atoms with Crippen LogP contribution in [0.4, 0.5) is 0 Å². The first kappa shape index (κ1) is 18.4. The highest BCUT2D eigenvalue weighted by atomic mass is 16.4. The molecule has 2 atom stereocenters. The fourth-order valence-electron chi connectivity index (χ4n) is 3.64. The molecule has 1 aliphatic carbocycles. The third kappa shape index (κ3) is 4.68. The van der Waals surface area contributed by atoms with Gasteiger partial charge in [0.1, 0.15) is 5.54 Å². The van der Waals surface area contributed by atoms with Gasteiger partial charge in [0.15, 0.2) is 0 Å². The number of nitrogens with zero attached hydrogens (tertiary/aromatic N) is 1. The van der Waals surface area contributed by atoms with Gasteiger partial charge in [0.2, 0.25) is 0 Å². The molecule has 0 bridgehead atoms. The molecule has 1 saturated carbocycles. The van der Waals surface area contributed by atoms with Gasteiger partial charge >= 0.3 is 5.97 Å². The maximum atomic E-state index is 11.9. The Morgan fingerprint density at radius 1 is 1.33 bits per heavy atom. The summed E-state index contributed by atoms with van der Waals surface area (Å²) < 4.78 is 0. The highest BCUT2D eigenvalue weighted by Crippen LogP contribution is 2.38. The molecule has 21 heavy (non-hydrogen) atoms. The summed E-state index contributed by atoms with van der Waals surface area (Å²) in [5.74, 6) is -0.385. The molecule has 1 aliphatic rings. The quantitative estimate of drug-likeness (QED) is 0.650. The molecule has 0 saturated heterocycles. The zero-order chi connectivity index (χ0) is 15.9. The van der Waals surface area contributed by atoms with E-state index in [4.69, 9.17) is 0 Å². The average molecular weight is 298 g/mol. The van der Waals surface area contributed by atoms with Crippen LogP contribution < -0.4 is 5.32 Å². The molecular weight excluding hydrogens is 264 g/mol. The van der Waals surface area contributed by atoms with E-state index in [1.165, 1.54) is 0 Å². The van der Waals surface area contributed by atoms with Gasteiger partial charge in [-0.15, -0.1) is 0 Å². The largest absolute Gasteiger partial charge is 0.480 e. The molecule has 0 amide bonds. The van der Waals surface area contributed by atoms with Crippen molar-refractivity contribution in [1.82, 2.24) is 10.2 Å². The van der Waals surface area contributed by atoms with Crippen molar-refractivity contribution < 1.29 is 9.90 Å². The number of rotatable bonds is 10. The number of hydrogen-bond acceptors (Lipinski definition) is 3. The predicted molar refractivity (Wildman–Crippen MR) is 87.6 cm³/mol.